The Labute approximate surface area is 226 Å². The van der Waals surface area contributed by atoms with Crippen molar-refractivity contribution in [1.29, 1.82) is 0 Å². The molecule has 1 fully saturated rings. The average molecular weight is 525 g/mol. The summed E-state index contributed by atoms with van der Waals surface area (Å²) in [6, 6.07) is 31.3. The molecule has 0 amide bonds. The van der Waals surface area contributed by atoms with Crippen LogP contribution in [0.3, 0.4) is 0 Å². The molecule has 3 aromatic carbocycles. The van der Waals surface area contributed by atoms with Crippen LogP contribution in [-0.4, -0.2) is 37.8 Å². The summed E-state index contributed by atoms with van der Waals surface area (Å²) in [4.78, 5) is 13.0. The first-order chi connectivity index (χ1) is 18.7. The first-order valence-electron chi connectivity index (χ1n) is 13.0. The quantitative estimate of drug-likeness (QED) is 0.188. The minimum Gasteiger partial charge on any atom is -0.396 e. The van der Waals surface area contributed by atoms with Crippen molar-refractivity contribution in [3.63, 3.8) is 0 Å². The summed E-state index contributed by atoms with van der Waals surface area (Å²) in [6.07, 6.45) is 4.92. The van der Waals surface area contributed by atoms with Gasteiger partial charge in [0, 0.05) is 18.6 Å². The number of hydrogen-bond donors (Lipinski definition) is 1. The van der Waals surface area contributed by atoms with E-state index in [4.69, 9.17) is 16.3 Å². The van der Waals surface area contributed by atoms with Crippen LogP contribution >= 0.6 is 11.6 Å². The molecule has 1 saturated carbocycles. The van der Waals surface area contributed by atoms with Gasteiger partial charge < -0.3 is 14.4 Å². The fourth-order valence-corrected chi connectivity index (χ4v) is 6.08. The smallest absolute Gasteiger partial charge is 0.165 e. The van der Waals surface area contributed by atoms with E-state index in [0.29, 0.717) is 23.2 Å². The van der Waals surface area contributed by atoms with Crippen LogP contribution in [0.1, 0.15) is 35.6 Å². The zero-order valence-electron chi connectivity index (χ0n) is 20.9. The van der Waals surface area contributed by atoms with Crippen LogP contribution in [0.2, 0.25) is 5.15 Å². The summed E-state index contributed by atoms with van der Waals surface area (Å²) in [5, 5.41) is 10.2. The summed E-state index contributed by atoms with van der Waals surface area (Å²) in [5.74, 6) is 0.476. The van der Waals surface area contributed by atoms with Gasteiger partial charge in [0.1, 0.15) is 17.4 Å². The van der Waals surface area contributed by atoms with Crippen molar-refractivity contribution in [2.45, 2.75) is 24.5 Å². The lowest BCUT2D eigenvalue weighted by Crippen LogP contribution is -2.44. The Morgan fingerprint density at radius 3 is 1.97 bits per heavy atom. The van der Waals surface area contributed by atoms with E-state index >= 15 is 0 Å². The van der Waals surface area contributed by atoms with E-state index in [9.17, 15) is 5.11 Å². The van der Waals surface area contributed by atoms with Gasteiger partial charge >= 0.3 is 0 Å². The second kappa shape index (κ2) is 10.7. The lowest BCUT2D eigenvalue weighted by atomic mass is 9.67. The summed E-state index contributed by atoms with van der Waals surface area (Å²) >= 11 is 6.29. The molecular weight excluding hydrogens is 496 g/mol. The molecule has 1 N–H and O–H groups in total. The van der Waals surface area contributed by atoms with Gasteiger partial charge in [-0.25, -0.2) is 15.0 Å². The third-order valence-electron chi connectivity index (χ3n) is 7.85. The molecule has 1 aliphatic carbocycles. The second-order valence-electron chi connectivity index (χ2n) is 9.82. The van der Waals surface area contributed by atoms with Crippen molar-refractivity contribution in [1.82, 2.24) is 19.5 Å². The van der Waals surface area contributed by atoms with Gasteiger partial charge in [0.15, 0.2) is 10.8 Å². The molecule has 0 bridgehead atoms. The molecule has 5 aromatic rings. The third kappa shape index (κ3) is 4.29. The maximum Gasteiger partial charge on any atom is 0.165 e. The molecule has 0 spiro atoms. The van der Waals surface area contributed by atoms with E-state index in [-0.39, 0.29) is 18.6 Å². The zero-order chi connectivity index (χ0) is 26.0. The van der Waals surface area contributed by atoms with Gasteiger partial charge in [0.25, 0.3) is 0 Å². The predicted octanol–water partition coefficient (Wildman–Crippen LogP) is 6.05. The van der Waals surface area contributed by atoms with E-state index in [2.05, 4.69) is 92.3 Å². The summed E-state index contributed by atoms with van der Waals surface area (Å²) in [7, 11) is 0. The number of nitrogens with zero attached hydrogens (tertiary/aromatic N) is 4. The molecule has 6 nitrogen and oxygen atoms in total. The van der Waals surface area contributed by atoms with Crippen molar-refractivity contribution in [2.75, 3.05) is 13.2 Å². The van der Waals surface area contributed by atoms with Crippen LogP contribution in [0.4, 0.5) is 0 Å². The molecule has 2 heterocycles. The average Bonchev–Trinajstić information content (AvgIpc) is 3.39. The van der Waals surface area contributed by atoms with Gasteiger partial charge in [-0.2, -0.15) is 0 Å². The van der Waals surface area contributed by atoms with Crippen LogP contribution < -0.4 is 0 Å². The molecule has 1 aliphatic rings. The Kier molecular flexibility index (Phi) is 6.94. The number of fused-ring (bicyclic) bond motifs is 1. The molecule has 0 unspecified atom stereocenters. The minimum atomic E-state index is -0.795. The molecule has 192 valence electrons. The summed E-state index contributed by atoms with van der Waals surface area (Å²) < 4.78 is 9.26. The predicted molar refractivity (Wildman–Crippen MR) is 148 cm³/mol. The first kappa shape index (κ1) is 24.7. The van der Waals surface area contributed by atoms with Crippen molar-refractivity contribution in [3.8, 4) is 0 Å². The number of imidazole rings is 1. The topological polar surface area (TPSA) is 73.1 Å². The molecule has 2 aromatic heterocycles. The number of benzene rings is 3. The Balaban J connectivity index is 1.41. The third-order valence-corrected chi connectivity index (χ3v) is 8.13. The maximum absolute atomic E-state index is 9.81. The van der Waals surface area contributed by atoms with Gasteiger partial charge in [0.05, 0.1) is 12.9 Å². The van der Waals surface area contributed by atoms with Crippen LogP contribution in [-0.2, 0) is 10.3 Å². The lowest BCUT2D eigenvalue weighted by Gasteiger charge is -2.47. The molecule has 3 atom stereocenters. The van der Waals surface area contributed by atoms with Gasteiger partial charge in [-0.3, -0.25) is 0 Å². The number of rotatable bonds is 9. The normalized spacial score (nSPS) is 19.4. The van der Waals surface area contributed by atoms with E-state index in [1.165, 1.54) is 6.33 Å². The van der Waals surface area contributed by atoms with Gasteiger partial charge in [-0.1, -0.05) is 103 Å². The van der Waals surface area contributed by atoms with Crippen molar-refractivity contribution in [2.24, 2.45) is 11.8 Å². The zero-order valence-corrected chi connectivity index (χ0v) is 21.7. The highest BCUT2D eigenvalue weighted by Gasteiger charge is 2.45. The molecule has 6 rings (SSSR count). The van der Waals surface area contributed by atoms with E-state index in [1.807, 2.05) is 18.2 Å². The fraction of sp³-hybridized carbons (Fsp3) is 0.258. The first-order valence-corrected chi connectivity index (χ1v) is 13.3. The van der Waals surface area contributed by atoms with Crippen molar-refractivity contribution >= 4 is 22.8 Å². The van der Waals surface area contributed by atoms with Crippen LogP contribution in [0, 0.1) is 11.8 Å². The highest BCUT2D eigenvalue weighted by Crippen LogP contribution is 2.49. The molecule has 38 heavy (non-hydrogen) atoms. The van der Waals surface area contributed by atoms with Crippen LogP contribution in [0.25, 0.3) is 11.2 Å². The Morgan fingerprint density at radius 1 is 0.842 bits per heavy atom. The number of aromatic nitrogens is 4. The highest BCUT2D eigenvalue weighted by molar-refractivity contribution is 6.33. The Hall–Kier alpha value is -3.58. The molecule has 7 heteroatoms. The SMILES string of the molecule is OCC[C@H]1C[C@@H](n2cnc3c(Cl)ncnc32)[C@@H]1COC(c1ccccc1)(c1ccccc1)c1ccccc1. The van der Waals surface area contributed by atoms with E-state index in [0.717, 1.165) is 35.2 Å². The van der Waals surface area contributed by atoms with Gasteiger partial charge in [0.2, 0.25) is 0 Å². The number of aliphatic hydroxyl groups is 1. The standard InChI is InChI=1S/C31H29ClN4O2/c32-29-28-30(34-20-33-29)36(21-35-28)27-18-22(16-17-37)26(27)19-38-31(23-10-4-1-5-11-23,24-12-6-2-7-13-24)25-14-8-3-9-15-25/h1-15,20-22,26-27,37H,16-19H2/t22-,26+,27+/m0/s1. The molecular formula is C31H29ClN4O2. The number of hydrogen-bond acceptors (Lipinski definition) is 5. The monoisotopic (exact) mass is 524 g/mol. The summed E-state index contributed by atoms with van der Waals surface area (Å²) in [5.41, 5.74) is 3.74. The van der Waals surface area contributed by atoms with Crippen molar-refractivity contribution in [3.05, 3.63) is 125 Å². The Morgan fingerprint density at radius 2 is 1.42 bits per heavy atom. The summed E-state index contributed by atoms with van der Waals surface area (Å²) in [6.45, 7) is 0.639. The van der Waals surface area contributed by atoms with Gasteiger partial charge in [-0.05, 0) is 35.4 Å². The van der Waals surface area contributed by atoms with Crippen molar-refractivity contribution < 1.29 is 9.84 Å². The molecule has 0 radical (unpaired) electrons. The van der Waals surface area contributed by atoms with Gasteiger partial charge in [-0.15, -0.1) is 0 Å². The molecule has 0 saturated heterocycles. The lowest BCUT2D eigenvalue weighted by molar-refractivity contribution is -0.0692. The van der Waals surface area contributed by atoms with Crippen LogP contribution in [0.15, 0.2) is 104 Å². The second-order valence-corrected chi connectivity index (χ2v) is 10.2. The van der Waals surface area contributed by atoms with E-state index < -0.39 is 5.60 Å². The Bertz CT molecular complexity index is 1400. The number of halogens is 1. The number of ether oxygens (including phenoxy) is 1. The maximum atomic E-state index is 9.81. The highest BCUT2D eigenvalue weighted by atomic mass is 35.5. The fourth-order valence-electron chi connectivity index (χ4n) is 5.90. The molecule has 0 aliphatic heterocycles. The largest absolute Gasteiger partial charge is 0.396 e. The van der Waals surface area contributed by atoms with Crippen LogP contribution in [0.5, 0.6) is 0 Å². The minimum absolute atomic E-state index is 0.127. The number of aliphatic hydroxyl groups excluding tert-OH is 1. The van der Waals surface area contributed by atoms with E-state index in [1.54, 1.807) is 6.33 Å².